The van der Waals surface area contributed by atoms with E-state index in [1.54, 1.807) is 4.90 Å². The standard InChI is InChI=1S/C14H24N2O4/c1-10(2)3-4-12(17)15-9-13(18)16-7-5-11(6-8-16)14(19)20/h10-11H,3-9H2,1-2H3,(H,15,17)(H,19,20). The summed E-state index contributed by atoms with van der Waals surface area (Å²) in [6, 6.07) is 0. The molecule has 6 nitrogen and oxygen atoms in total. The van der Waals surface area contributed by atoms with Gasteiger partial charge in [0.15, 0.2) is 0 Å². The van der Waals surface area contributed by atoms with Crippen LogP contribution in [0.25, 0.3) is 0 Å². The van der Waals surface area contributed by atoms with Crippen molar-refractivity contribution in [2.45, 2.75) is 39.5 Å². The molecule has 2 N–H and O–H groups in total. The lowest BCUT2D eigenvalue weighted by molar-refractivity contribution is -0.145. The molecule has 0 radical (unpaired) electrons. The van der Waals surface area contributed by atoms with Crippen LogP contribution in [0.4, 0.5) is 0 Å². The van der Waals surface area contributed by atoms with Crippen LogP contribution in [0, 0.1) is 11.8 Å². The number of nitrogens with zero attached hydrogens (tertiary/aromatic N) is 1. The van der Waals surface area contributed by atoms with Crippen molar-refractivity contribution in [2.75, 3.05) is 19.6 Å². The first-order chi connectivity index (χ1) is 9.40. The van der Waals surface area contributed by atoms with Crippen LogP contribution < -0.4 is 5.32 Å². The SMILES string of the molecule is CC(C)CCC(=O)NCC(=O)N1CCC(C(=O)O)CC1. The highest BCUT2D eigenvalue weighted by atomic mass is 16.4. The maximum atomic E-state index is 11.9. The van der Waals surface area contributed by atoms with Gasteiger partial charge in [-0.2, -0.15) is 0 Å². The van der Waals surface area contributed by atoms with Gasteiger partial charge >= 0.3 is 5.97 Å². The third-order valence-corrected chi connectivity index (χ3v) is 3.58. The topological polar surface area (TPSA) is 86.7 Å². The molecule has 1 saturated heterocycles. The molecular formula is C14H24N2O4. The Hall–Kier alpha value is -1.59. The number of likely N-dealkylation sites (tertiary alicyclic amines) is 1. The van der Waals surface area contributed by atoms with Gasteiger partial charge in [0.25, 0.3) is 0 Å². The Morgan fingerprint density at radius 1 is 1.25 bits per heavy atom. The van der Waals surface area contributed by atoms with Crippen LogP contribution in [-0.2, 0) is 14.4 Å². The van der Waals surface area contributed by atoms with Gasteiger partial charge in [0, 0.05) is 19.5 Å². The van der Waals surface area contributed by atoms with Crippen LogP contribution in [0.15, 0.2) is 0 Å². The van der Waals surface area contributed by atoms with Gasteiger partial charge in [-0.1, -0.05) is 13.8 Å². The lowest BCUT2D eigenvalue weighted by Crippen LogP contribution is -2.45. The Morgan fingerprint density at radius 3 is 2.35 bits per heavy atom. The zero-order chi connectivity index (χ0) is 15.1. The number of nitrogens with one attached hydrogen (secondary N) is 1. The number of carboxylic acids is 1. The molecule has 2 amide bonds. The van der Waals surface area contributed by atoms with Gasteiger partial charge in [-0.3, -0.25) is 14.4 Å². The van der Waals surface area contributed by atoms with E-state index in [0.29, 0.717) is 38.3 Å². The molecule has 1 aliphatic rings. The van der Waals surface area contributed by atoms with Crippen molar-refractivity contribution in [3.63, 3.8) is 0 Å². The first kappa shape index (κ1) is 16.5. The van der Waals surface area contributed by atoms with Crippen LogP contribution in [0.3, 0.4) is 0 Å². The zero-order valence-corrected chi connectivity index (χ0v) is 12.2. The second-order valence-corrected chi connectivity index (χ2v) is 5.70. The van der Waals surface area contributed by atoms with Crippen molar-refractivity contribution in [3.8, 4) is 0 Å². The lowest BCUT2D eigenvalue weighted by Gasteiger charge is -2.30. The van der Waals surface area contributed by atoms with Gasteiger partial charge in [0.05, 0.1) is 12.5 Å². The molecule has 0 atom stereocenters. The monoisotopic (exact) mass is 284 g/mol. The van der Waals surface area contributed by atoms with Gasteiger partial charge in [-0.05, 0) is 25.2 Å². The highest BCUT2D eigenvalue weighted by Gasteiger charge is 2.26. The molecule has 0 aromatic heterocycles. The van der Waals surface area contributed by atoms with E-state index in [-0.39, 0.29) is 24.3 Å². The molecule has 0 aliphatic carbocycles. The fraction of sp³-hybridized carbons (Fsp3) is 0.786. The van der Waals surface area contributed by atoms with Crippen molar-refractivity contribution in [1.29, 1.82) is 0 Å². The Bertz CT molecular complexity index is 360. The molecule has 6 heteroatoms. The van der Waals surface area contributed by atoms with E-state index in [2.05, 4.69) is 5.32 Å². The first-order valence-electron chi connectivity index (χ1n) is 7.17. The number of hydrogen-bond acceptors (Lipinski definition) is 3. The van der Waals surface area contributed by atoms with Gasteiger partial charge in [-0.25, -0.2) is 0 Å². The average molecular weight is 284 g/mol. The number of piperidine rings is 1. The molecule has 0 aromatic carbocycles. The van der Waals surface area contributed by atoms with Gasteiger partial charge in [0.2, 0.25) is 11.8 Å². The average Bonchev–Trinajstić information content (AvgIpc) is 2.42. The van der Waals surface area contributed by atoms with Crippen LogP contribution in [0.2, 0.25) is 0 Å². The Kier molecular flexibility index (Phi) is 6.48. The van der Waals surface area contributed by atoms with Crippen molar-refractivity contribution >= 4 is 17.8 Å². The minimum Gasteiger partial charge on any atom is -0.481 e. The third-order valence-electron chi connectivity index (χ3n) is 3.58. The quantitative estimate of drug-likeness (QED) is 0.757. The summed E-state index contributed by atoms with van der Waals surface area (Å²) in [5.41, 5.74) is 0. The molecule has 0 saturated carbocycles. The number of hydrogen-bond donors (Lipinski definition) is 2. The fourth-order valence-electron chi connectivity index (χ4n) is 2.17. The van der Waals surface area contributed by atoms with Crippen LogP contribution in [0.1, 0.15) is 39.5 Å². The molecule has 1 rings (SSSR count). The van der Waals surface area contributed by atoms with Gasteiger partial charge < -0.3 is 15.3 Å². The van der Waals surface area contributed by atoms with Crippen molar-refractivity contribution in [2.24, 2.45) is 11.8 Å². The fourth-order valence-corrected chi connectivity index (χ4v) is 2.17. The number of carbonyl (C=O) groups is 3. The summed E-state index contributed by atoms with van der Waals surface area (Å²) in [5.74, 6) is -0.913. The largest absolute Gasteiger partial charge is 0.481 e. The minimum absolute atomic E-state index is 0.00860. The molecule has 0 unspecified atom stereocenters. The predicted molar refractivity (Wildman–Crippen MR) is 74.0 cm³/mol. The molecule has 1 heterocycles. The number of carbonyl (C=O) groups excluding carboxylic acids is 2. The molecule has 0 bridgehead atoms. The molecule has 0 spiro atoms. The van der Waals surface area contributed by atoms with E-state index in [9.17, 15) is 14.4 Å². The molecule has 20 heavy (non-hydrogen) atoms. The van der Waals surface area contributed by atoms with Crippen molar-refractivity contribution in [1.82, 2.24) is 10.2 Å². The summed E-state index contributed by atoms with van der Waals surface area (Å²) >= 11 is 0. The highest BCUT2D eigenvalue weighted by Crippen LogP contribution is 2.17. The number of rotatable bonds is 6. The Labute approximate surface area is 119 Å². The molecule has 0 aromatic rings. The Morgan fingerprint density at radius 2 is 1.85 bits per heavy atom. The number of amides is 2. The van der Waals surface area contributed by atoms with Crippen LogP contribution in [-0.4, -0.2) is 47.4 Å². The summed E-state index contributed by atoms with van der Waals surface area (Å²) < 4.78 is 0. The summed E-state index contributed by atoms with van der Waals surface area (Å²) in [7, 11) is 0. The summed E-state index contributed by atoms with van der Waals surface area (Å²) in [6.07, 6.45) is 2.22. The Balaban J connectivity index is 2.23. The van der Waals surface area contributed by atoms with Crippen LogP contribution in [0.5, 0.6) is 0 Å². The minimum atomic E-state index is -0.793. The smallest absolute Gasteiger partial charge is 0.306 e. The van der Waals surface area contributed by atoms with E-state index in [4.69, 9.17) is 5.11 Å². The second kappa shape index (κ2) is 7.87. The number of aliphatic carboxylic acids is 1. The highest BCUT2D eigenvalue weighted by molar-refractivity contribution is 5.84. The zero-order valence-electron chi connectivity index (χ0n) is 12.2. The third kappa shape index (κ3) is 5.59. The predicted octanol–water partition coefficient (Wildman–Crippen LogP) is 0.862. The molecule has 1 fully saturated rings. The molecule has 1 aliphatic heterocycles. The van der Waals surface area contributed by atoms with Crippen molar-refractivity contribution < 1.29 is 19.5 Å². The summed E-state index contributed by atoms with van der Waals surface area (Å²) in [6.45, 7) is 5.01. The van der Waals surface area contributed by atoms with Gasteiger partial charge in [0.1, 0.15) is 0 Å². The van der Waals surface area contributed by atoms with E-state index in [0.717, 1.165) is 6.42 Å². The molecule has 114 valence electrons. The van der Waals surface area contributed by atoms with Crippen LogP contribution >= 0.6 is 0 Å². The molecular weight excluding hydrogens is 260 g/mol. The second-order valence-electron chi connectivity index (χ2n) is 5.70. The maximum absolute atomic E-state index is 11.9. The summed E-state index contributed by atoms with van der Waals surface area (Å²) in [5, 5.41) is 11.5. The first-order valence-corrected chi connectivity index (χ1v) is 7.17. The lowest BCUT2D eigenvalue weighted by atomic mass is 9.97. The van der Waals surface area contributed by atoms with E-state index >= 15 is 0 Å². The van der Waals surface area contributed by atoms with Gasteiger partial charge in [-0.15, -0.1) is 0 Å². The van der Waals surface area contributed by atoms with E-state index in [1.807, 2.05) is 13.8 Å². The van der Waals surface area contributed by atoms with E-state index < -0.39 is 5.97 Å². The normalized spacial score (nSPS) is 16.2. The van der Waals surface area contributed by atoms with Crippen molar-refractivity contribution in [3.05, 3.63) is 0 Å². The summed E-state index contributed by atoms with van der Waals surface area (Å²) in [4.78, 5) is 35.8. The van der Waals surface area contributed by atoms with E-state index in [1.165, 1.54) is 0 Å². The number of carboxylic acid groups (broad SMARTS) is 1. The maximum Gasteiger partial charge on any atom is 0.306 e.